The molecule has 0 aromatic carbocycles. The van der Waals surface area contributed by atoms with Crippen molar-refractivity contribution in [1.82, 2.24) is 0 Å². The van der Waals surface area contributed by atoms with Gasteiger partial charge in [0.15, 0.2) is 0 Å². The van der Waals surface area contributed by atoms with Crippen LogP contribution in [0.5, 0.6) is 0 Å². The zero-order valence-electron chi connectivity index (χ0n) is 12.0. The molecule has 0 aromatic heterocycles. The molecule has 2 heteroatoms. The standard InChI is InChI=1S/2C9H11.ClH.La/c2*1-2-5-9-7-3-6-8(9)4-1;;/h2*1-2,4,6,9H,3,5,7H2;1H;/q;;;+1/p-1. The number of halogens is 1. The van der Waals surface area contributed by atoms with E-state index in [0.717, 1.165) is 16.5 Å². The molecule has 0 radical (unpaired) electrons. The molecule has 0 aromatic rings. The van der Waals surface area contributed by atoms with E-state index in [1.165, 1.54) is 38.5 Å². The molecule has 0 spiro atoms. The second kappa shape index (κ2) is 6.69. The van der Waals surface area contributed by atoms with Gasteiger partial charge >= 0.3 is 134 Å². The molecule has 0 nitrogen and oxygen atoms in total. The number of hydrogen-bond acceptors (Lipinski definition) is 0. The quantitative estimate of drug-likeness (QED) is 0.653. The SMILES string of the molecule is C1=CCC2CC[CH]([La+][CH]3CCC4CC=CC=C43)C2=C1.[Cl-]. The third-order valence-electron chi connectivity index (χ3n) is 5.61. The molecule has 0 aliphatic heterocycles. The van der Waals surface area contributed by atoms with Crippen LogP contribution < -0.4 is 12.4 Å². The van der Waals surface area contributed by atoms with Crippen LogP contribution in [0.25, 0.3) is 0 Å². The Kier molecular flexibility index (Phi) is 5.13. The molecule has 4 atom stereocenters. The van der Waals surface area contributed by atoms with E-state index in [9.17, 15) is 0 Å². The molecule has 4 aliphatic rings. The molecule has 0 bridgehead atoms. The molecule has 4 rings (SSSR count). The van der Waals surface area contributed by atoms with Gasteiger partial charge in [0, 0.05) is 0 Å². The van der Waals surface area contributed by atoms with Crippen molar-refractivity contribution in [2.24, 2.45) is 11.8 Å². The van der Waals surface area contributed by atoms with Gasteiger partial charge in [-0.15, -0.1) is 0 Å². The molecular weight excluding hydrogens is 391 g/mol. The Morgan fingerprint density at radius 2 is 1.25 bits per heavy atom. The molecule has 2 saturated carbocycles. The van der Waals surface area contributed by atoms with Gasteiger partial charge < -0.3 is 12.4 Å². The number of hydrogen-bond donors (Lipinski definition) is 0. The van der Waals surface area contributed by atoms with Crippen molar-refractivity contribution < 1.29 is 44.3 Å². The minimum atomic E-state index is -0.676. The maximum atomic E-state index is 2.49. The topological polar surface area (TPSA) is 0 Å². The van der Waals surface area contributed by atoms with Gasteiger partial charge in [0.25, 0.3) is 0 Å². The van der Waals surface area contributed by atoms with Gasteiger partial charge in [0.2, 0.25) is 0 Å². The van der Waals surface area contributed by atoms with Crippen LogP contribution in [0.1, 0.15) is 38.5 Å². The Labute approximate surface area is 145 Å². The van der Waals surface area contributed by atoms with E-state index in [4.69, 9.17) is 0 Å². The van der Waals surface area contributed by atoms with Gasteiger partial charge in [-0.2, -0.15) is 0 Å². The third-order valence-corrected chi connectivity index (χ3v) is 13.0. The fourth-order valence-corrected chi connectivity index (χ4v) is 12.6. The van der Waals surface area contributed by atoms with E-state index in [1.807, 2.05) is 11.1 Å². The summed E-state index contributed by atoms with van der Waals surface area (Å²) in [7, 11) is 0. The largest absolute Gasteiger partial charge is 1.00 e. The smallest absolute Gasteiger partial charge is 1.00 e. The van der Waals surface area contributed by atoms with E-state index < -0.39 is 31.9 Å². The Balaban J connectivity index is 0.00000121. The average molecular weight is 413 g/mol. The summed E-state index contributed by atoms with van der Waals surface area (Å²) in [6.07, 6.45) is 23.1. The van der Waals surface area contributed by atoms with E-state index >= 15 is 0 Å². The molecule has 4 aliphatic carbocycles. The van der Waals surface area contributed by atoms with Crippen LogP contribution in [0.4, 0.5) is 0 Å². The predicted octanol–water partition coefficient (Wildman–Crippen LogP) is 2.25. The summed E-state index contributed by atoms with van der Waals surface area (Å²) in [4.78, 5) is 0. The Morgan fingerprint density at radius 1 is 0.750 bits per heavy atom. The summed E-state index contributed by atoms with van der Waals surface area (Å²) in [5.74, 6) is 1.90. The second-order valence-corrected chi connectivity index (χ2v) is 12.9. The second-order valence-electron chi connectivity index (χ2n) is 6.62. The van der Waals surface area contributed by atoms with E-state index in [-0.39, 0.29) is 12.4 Å². The zero-order valence-corrected chi connectivity index (χ0v) is 16.4. The first kappa shape index (κ1) is 15.3. The number of rotatable bonds is 2. The zero-order chi connectivity index (χ0) is 12.7. The average Bonchev–Trinajstić information content (AvgIpc) is 3.05. The van der Waals surface area contributed by atoms with Crippen LogP contribution in [-0.4, -0.2) is 0 Å². The first-order chi connectivity index (χ1) is 9.42. The van der Waals surface area contributed by atoms with Crippen molar-refractivity contribution in [3.05, 3.63) is 47.6 Å². The fourth-order valence-electron chi connectivity index (χ4n) is 4.60. The summed E-state index contributed by atoms with van der Waals surface area (Å²) in [6.45, 7) is 0. The molecular formula is C18H22ClLa. The molecule has 0 N–H and O–H groups in total. The summed E-state index contributed by atoms with van der Waals surface area (Å²) in [5.41, 5.74) is 3.76. The summed E-state index contributed by atoms with van der Waals surface area (Å²) in [5, 5.41) is 0. The monoisotopic (exact) mass is 412 g/mol. The molecule has 2 fully saturated rings. The van der Waals surface area contributed by atoms with E-state index in [2.05, 4.69) is 36.5 Å². The van der Waals surface area contributed by atoms with Crippen LogP contribution in [0.15, 0.2) is 47.6 Å². The minimum Gasteiger partial charge on any atom is -1.00 e. The summed E-state index contributed by atoms with van der Waals surface area (Å²) in [6, 6.07) is 0. The molecule has 0 saturated heterocycles. The maximum absolute atomic E-state index is 2.49. The number of allylic oxidation sites excluding steroid dienone is 8. The van der Waals surface area contributed by atoms with Gasteiger partial charge in [-0.25, -0.2) is 0 Å². The Morgan fingerprint density at radius 3 is 1.75 bits per heavy atom. The predicted molar refractivity (Wildman–Crippen MR) is 76.6 cm³/mol. The van der Waals surface area contributed by atoms with Crippen LogP contribution >= 0.6 is 0 Å². The summed E-state index contributed by atoms with van der Waals surface area (Å²) < 4.78 is 2.20. The third kappa shape index (κ3) is 2.84. The molecule has 20 heavy (non-hydrogen) atoms. The van der Waals surface area contributed by atoms with Crippen molar-refractivity contribution in [2.45, 2.75) is 43.2 Å². The van der Waals surface area contributed by atoms with E-state index in [0.29, 0.717) is 0 Å². The normalized spacial score (nSPS) is 37.4. The van der Waals surface area contributed by atoms with Crippen LogP contribution in [0.2, 0.25) is 4.64 Å². The Bertz CT molecular complexity index is 442. The van der Waals surface area contributed by atoms with Crippen LogP contribution in [0, 0.1) is 43.7 Å². The van der Waals surface area contributed by atoms with Crippen LogP contribution in [0.3, 0.4) is 0 Å². The molecule has 104 valence electrons. The van der Waals surface area contributed by atoms with Crippen LogP contribution in [-0.2, 0) is 0 Å². The van der Waals surface area contributed by atoms with Gasteiger partial charge in [0.1, 0.15) is 0 Å². The maximum Gasteiger partial charge on any atom is -1.00 e. The minimum absolute atomic E-state index is 0. The molecule has 0 amide bonds. The van der Waals surface area contributed by atoms with E-state index in [1.54, 1.807) is 0 Å². The van der Waals surface area contributed by atoms with Gasteiger partial charge in [-0.05, 0) is 0 Å². The van der Waals surface area contributed by atoms with Crippen molar-refractivity contribution in [3.63, 3.8) is 0 Å². The van der Waals surface area contributed by atoms with Gasteiger partial charge in [0.05, 0.1) is 0 Å². The fraction of sp³-hybridized carbons (Fsp3) is 0.556. The van der Waals surface area contributed by atoms with Gasteiger partial charge in [-0.1, -0.05) is 0 Å². The Hall–Kier alpha value is 0.445. The first-order valence-electron chi connectivity index (χ1n) is 8.00. The van der Waals surface area contributed by atoms with Crippen molar-refractivity contribution in [3.8, 4) is 0 Å². The molecule has 0 heterocycles. The van der Waals surface area contributed by atoms with Gasteiger partial charge in [-0.3, -0.25) is 0 Å². The molecule has 4 unspecified atom stereocenters. The summed E-state index contributed by atoms with van der Waals surface area (Å²) >= 11 is -0.676. The first-order valence-corrected chi connectivity index (χ1v) is 12.2. The van der Waals surface area contributed by atoms with Crippen molar-refractivity contribution in [1.29, 1.82) is 0 Å². The van der Waals surface area contributed by atoms with Crippen molar-refractivity contribution in [2.75, 3.05) is 0 Å². The number of fused-ring (bicyclic) bond motifs is 2. The van der Waals surface area contributed by atoms with Crippen molar-refractivity contribution >= 4 is 0 Å².